The largest absolute Gasteiger partial charge is 0.465 e. The van der Waals surface area contributed by atoms with Crippen molar-refractivity contribution in [3.8, 4) is 0 Å². The molecule has 0 bridgehead atoms. The Balaban J connectivity index is 0. The van der Waals surface area contributed by atoms with E-state index in [4.69, 9.17) is 23.3 Å². The quantitative estimate of drug-likeness (QED) is 0.408. The molecule has 0 aliphatic heterocycles. The van der Waals surface area contributed by atoms with Gasteiger partial charge in [0.15, 0.2) is 0 Å². The number of ether oxygens (including phenoxy) is 1. The zero-order chi connectivity index (χ0) is 11.1. The first-order chi connectivity index (χ1) is 5.68. The van der Waals surface area contributed by atoms with Crippen LogP contribution in [0.4, 0.5) is 0 Å². The average Bonchev–Trinajstić information content (AvgIpc) is 1.84. The Kier molecular flexibility index (Phi) is 7.72. The maximum Gasteiger partial charge on any atom is 0.394 e. The van der Waals surface area contributed by atoms with Gasteiger partial charge in [-0.15, -0.1) is 0 Å². The minimum absolute atomic E-state index is 0.340. The maximum atomic E-state index is 10.4. The second-order valence-electron chi connectivity index (χ2n) is 1.99. The molecule has 0 heterocycles. The summed E-state index contributed by atoms with van der Waals surface area (Å²) in [5.74, 6) is -0.340. The first-order valence-corrected chi connectivity index (χ1v) is 4.70. The number of carbonyl (C=O) groups excluding carboxylic acids is 1. The van der Waals surface area contributed by atoms with Gasteiger partial charge < -0.3 is 10.5 Å². The van der Waals surface area contributed by atoms with Crippen molar-refractivity contribution in [2.45, 2.75) is 19.9 Å². The summed E-state index contributed by atoms with van der Waals surface area (Å²) in [6.07, 6.45) is 0. The first-order valence-electron chi connectivity index (χ1n) is 3.30. The van der Waals surface area contributed by atoms with Gasteiger partial charge in [-0.1, -0.05) is 0 Å². The molecule has 7 nitrogen and oxygen atoms in total. The van der Waals surface area contributed by atoms with Gasteiger partial charge in [-0.2, -0.15) is 8.42 Å². The number of nitrogens with two attached hydrogens (primary N) is 1. The first kappa shape index (κ1) is 14.8. The molecule has 0 aromatic carbocycles. The smallest absolute Gasteiger partial charge is 0.394 e. The lowest BCUT2D eigenvalue weighted by molar-refractivity contribution is -0.144. The maximum absolute atomic E-state index is 10.4. The van der Waals surface area contributed by atoms with E-state index in [-0.39, 0.29) is 5.97 Å². The van der Waals surface area contributed by atoms with Crippen LogP contribution in [0.5, 0.6) is 0 Å². The topological polar surface area (TPSA) is 127 Å². The molecule has 8 heteroatoms. The SMILES string of the molecule is CCOC(=O)[C@H](C)N.O=S(=O)(O)O. The van der Waals surface area contributed by atoms with Crippen molar-refractivity contribution in [2.24, 2.45) is 5.73 Å². The molecule has 80 valence electrons. The normalized spacial score (nSPS) is 12.4. The van der Waals surface area contributed by atoms with Crippen molar-refractivity contribution < 1.29 is 27.1 Å². The second-order valence-corrected chi connectivity index (χ2v) is 2.88. The lowest BCUT2D eigenvalue weighted by atomic mass is 10.4. The molecule has 0 aromatic rings. The molecule has 1 atom stereocenters. The highest BCUT2D eigenvalue weighted by Crippen LogP contribution is 1.80. The van der Waals surface area contributed by atoms with E-state index in [1.165, 1.54) is 0 Å². The van der Waals surface area contributed by atoms with Crippen molar-refractivity contribution in [2.75, 3.05) is 6.61 Å². The fraction of sp³-hybridized carbons (Fsp3) is 0.800. The molecule has 0 saturated heterocycles. The van der Waals surface area contributed by atoms with Crippen molar-refractivity contribution in [3.05, 3.63) is 0 Å². The van der Waals surface area contributed by atoms with Crippen LogP contribution < -0.4 is 5.73 Å². The number of hydrogen-bond donors (Lipinski definition) is 3. The number of rotatable bonds is 2. The molecule has 13 heavy (non-hydrogen) atoms. The molecule has 0 aliphatic rings. The Labute approximate surface area is 76.5 Å². The molecular weight excluding hydrogens is 202 g/mol. The van der Waals surface area contributed by atoms with E-state index in [9.17, 15) is 4.79 Å². The van der Waals surface area contributed by atoms with Crippen molar-refractivity contribution >= 4 is 16.4 Å². The molecular formula is C5H13NO6S. The van der Waals surface area contributed by atoms with Gasteiger partial charge in [0.25, 0.3) is 0 Å². The van der Waals surface area contributed by atoms with Crippen LogP contribution in [0.25, 0.3) is 0 Å². The summed E-state index contributed by atoms with van der Waals surface area (Å²) in [5, 5.41) is 0. The predicted octanol–water partition coefficient (Wildman–Crippen LogP) is -0.756. The zero-order valence-corrected chi connectivity index (χ0v) is 8.11. The summed E-state index contributed by atoms with van der Waals surface area (Å²) in [6, 6.07) is -0.491. The Hall–Kier alpha value is -0.700. The molecule has 0 spiro atoms. The lowest BCUT2D eigenvalue weighted by Gasteiger charge is -2.02. The highest BCUT2D eigenvalue weighted by atomic mass is 32.3. The summed E-state index contributed by atoms with van der Waals surface area (Å²) < 4.78 is 36.1. The molecule has 0 rings (SSSR count). The summed E-state index contributed by atoms with van der Waals surface area (Å²) >= 11 is 0. The van der Waals surface area contributed by atoms with Crippen LogP contribution in [0.1, 0.15) is 13.8 Å². The summed E-state index contributed by atoms with van der Waals surface area (Å²) in [5.41, 5.74) is 5.15. The highest BCUT2D eigenvalue weighted by Gasteiger charge is 2.05. The monoisotopic (exact) mass is 215 g/mol. The van der Waals surface area contributed by atoms with Gasteiger partial charge in [-0.25, -0.2) is 0 Å². The molecule has 0 saturated carbocycles. The minimum atomic E-state index is -4.67. The van der Waals surface area contributed by atoms with E-state index < -0.39 is 16.4 Å². The van der Waals surface area contributed by atoms with Gasteiger partial charge in [0, 0.05) is 0 Å². The Morgan fingerprint density at radius 2 is 1.85 bits per heavy atom. The molecule has 0 radical (unpaired) electrons. The van der Waals surface area contributed by atoms with Crippen LogP contribution >= 0.6 is 0 Å². The van der Waals surface area contributed by atoms with Gasteiger partial charge in [-0.05, 0) is 13.8 Å². The standard InChI is InChI=1S/C5H11NO2.H2O4S/c1-3-8-5(7)4(2)6;1-5(2,3)4/h4H,3,6H2,1-2H3;(H2,1,2,3,4)/t4-;/m0./s1. The number of carbonyl (C=O) groups is 1. The number of hydrogen-bond acceptors (Lipinski definition) is 5. The van der Waals surface area contributed by atoms with Crippen LogP contribution in [-0.2, 0) is 19.9 Å². The van der Waals surface area contributed by atoms with Crippen molar-refractivity contribution in [1.82, 2.24) is 0 Å². The third kappa shape index (κ3) is 24.6. The van der Waals surface area contributed by atoms with Crippen LogP contribution in [0, 0.1) is 0 Å². The lowest BCUT2D eigenvalue weighted by Crippen LogP contribution is -2.28. The summed E-state index contributed by atoms with van der Waals surface area (Å²) in [4.78, 5) is 10.4. The predicted molar refractivity (Wildman–Crippen MR) is 44.5 cm³/mol. The Bertz CT molecular complexity index is 225. The number of esters is 1. The third-order valence-electron chi connectivity index (χ3n) is 0.658. The van der Waals surface area contributed by atoms with Crippen LogP contribution in [0.3, 0.4) is 0 Å². The Morgan fingerprint density at radius 1 is 1.54 bits per heavy atom. The minimum Gasteiger partial charge on any atom is -0.465 e. The van der Waals surface area contributed by atoms with Crippen LogP contribution in [-0.4, -0.2) is 36.1 Å². The van der Waals surface area contributed by atoms with Gasteiger partial charge in [0.05, 0.1) is 6.61 Å². The van der Waals surface area contributed by atoms with E-state index in [0.29, 0.717) is 6.61 Å². The molecule has 4 N–H and O–H groups in total. The van der Waals surface area contributed by atoms with Gasteiger partial charge in [0.1, 0.15) is 6.04 Å². The highest BCUT2D eigenvalue weighted by molar-refractivity contribution is 7.79. The van der Waals surface area contributed by atoms with Crippen LogP contribution in [0.2, 0.25) is 0 Å². The fourth-order valence-electron chi connectivity index (χ4n) is 0.274. The van der Waals surface area contributed by atoms with E-state index in [1.807, 2.05) is 0 Å². The Morgan fingerprint density at radius 3 is 1.92 bits per heavy atom. The second kappa shape index (κ2) is 6.78. The third-order valence-corrected chi connectivity index (χ3v) is 0.658. The average molecular weight is 215 g/mol. The van der Waals surface area contributed by atoms with Crippen molar-refractivity contribution in [3.63, 3.8) is 0 Å². The van der Waals surface area contributed by atoms with Gasteiger partial charge >= 0.3 is 16.4 Å². The van der Waals surface area contributed by atoms with Gasteiger partial charge in [-0.3, -0.25) is 13.9 Å². The van der Waals surface area contributed by atoms with E-state index in [0.717, 1.165) is 0 Å². The van der Waals surface area contributed by atoms with Crippen molar-refractivity contribution in [1.29, 1.82) is 0 Å². The molecule has 0 fully saturated rings. The molecule has 0 amide bonds. The zero-order valence-electron chi connectivity index (χ0n) is 7.30. The summed E-state index contributed by atoms with van der Waals surface area (Å²) in [6.45, 7) is 3.75. The van der Waals surface area contributed by atoms with E-state index in [2.05, 4.69) is 4.74 Å². The van der Waals surface area contributed by atoms with Crippen LogP contribution in [0.15, 0.2) is 0 Å². The van der Waals surface area contributed by atoms with Gasteiger partial charge in [0.2, 0.25) is 0 Å². The molecule has 0 unspecified atom stereocenters. The summed E-state index contributed by atoms with van der Waals surface area (Å²) in [7, 11) is -4.67. The molecule has 0 aromatic heterocycles. The fourth-order valence-corrected chi connectivity index (χ4v) is 0.274. The van der Waals surface area contributed by atoms with E-state index >= 15 is 0 Å². The molecule has 0 aliphatic carbocycles. The van der Waals surface area contributed by atoms with E-state index in [1.54, 1.807) is 13.8 Å².